The quantitative estimate of drug-likeness (QED) is 0.854. The highest BCUT2D eigenvalue weighted by Gasteiger charge is 2.30. The van der Waals surface area contributed by atoms with Crippen molar-refractivity contribution >= 4 is 0 Å². The molecule has 0 saturated carbocycles. The Morgan fingerprint density at radius 3 is 2.29 bits per heavy atom. The number of likely N-dealkylation sites (tertiary alicyclic amines) is 2. The van der Waals surface area contributed by atoms with Gasteiger partial charge in [-0.2, -0.15) is 4.98 Å². The molecule has 2 fully saturated rings. The molecule has 0 bridgehead atoms. The second-order valence-corrected chi connectivity index (χ2v) is 6.83. The molecule has 0 spiro atoms. The summed E-state index contributed by atoms with van der Waals surface area (Å²) in [7, 11) is 0. The standard InChI is InChI=1S/C16H28N4O/c1-12(2)15-17-16(21-18-15)13(3)19-10-6-14(7-11-19)20-8-4-5-9-20/h12-14H,4-11H2,1-3H3/t13-/m1/s1. The second-order valence-electron chi connectivity index (χ2n) is 6.83. The molecule has 2 saturated heterocycles. The molecule has 118 valence electrons. The first kappa shape index (κ1) is 15.0. The van der Waals surface area contributed by atoms with Crippen molar-refractivity contribution in [3.63, 3.8) is 0 Å². The Labute approximate surface area is 127 Å². The maximum Gasteiger partial charge on any atom is 0.243 e. The number of nitrogens with zero attached hydrogens (tertiary/aromatic N) is 4. The second kappa shape index (κ2) is 6.44. The third-order valence-electron chi connectivity index (χ3n) is 5.04. The van der Waals surface area contributed by atoms with Crippen LogP contribution in [0, 0.1) is 0 Å². The molecular weight excluding hydrogens is 264 g/mol. The fraction of sp³-hybridized carbons (Fsp3) is 0.875. The van der Waals surface area contributed by atoms with Crippen molar-refractivity contribution in [3.8, 4) is 0 Å². The summed E-state index contributed by atoms with van der Waals surface area (Å²) in [6, 6.07) is 1.04. The van der Waals surface area contributed by atoms with E-state index in [0.717, 1.165) is 30.8 Å². The van der Waals surface area contributed by atoms with Gasteiger partial charge in [-0.05, 0) is 45.7 Å². The van der Waals surface area contributed by atoms with Crippen molar-refractivity contribution in [2.24, 2.45) is 0 Å². The molecule has 0 radical (unpaired) electrons. The lowest BCUT2D eigenvalue weighted by atomic mass is 10.0. The highest BCUT2D eigenvalue weighted by atomic mass is 16.5. The number of aromatic nitrogens is 2. The van der Waals surface area contributed by atoms with Crippen LogP contribution in [-0.2, 0) is 0 Å². The molecule has 1 atom stereocenters. The average molecular weight is 292 g/mol. The summed E-state index contributed by atoms with van der Waals surface area (Å²) in [5, 5.41) is 4.09. The van der Waals surface area contributed by atoms with Gasteiger partial charge in [0.1, 0.15) is 0 Å². The van der Waals surface area contributed by atoms with Crippen LogP contribution in [-0.4, -0.2) is 52.2 Å². The van der Waals surface area contributed by atoms with Crippen LogP contribution >= 0.6 is 0 Å². The molecule has 0 N–H and O–H groups in total. The lowest BCUT2D eigenvalue weighted by Gasteiger charge is -2.38. The molecule has 3 rings (SSSR count). The third-order valence-corrected chi connectivity index (χ3v) is 5.04. The van der Waals surface area contributed by atoms with Crippen LogP contribution in [0.2, 0.25) is 0 Å². The van der Waals surface area contributed by atoms with Crippen molar-refractivity contribution in [1.29, 1.82) is 0 Å². The maximum absolute atomic E-state index is 5.45. The normalized spacial score (nSPS) is 24.0. The topological polar surface area (TPSA) is 45.4 Å². The number of rotatable bonds is 4. The highest BCUT2D eigenvalue weighted by Crippen LogP contribution is 2.27. The smallest absolute Gasteiger partial charge is 0.243 e. The highest BCUT2D eigenvalue weighted by molar-refractivity contribution is 4.97. The number of piperidine rings is 1. The van der Waals surface area contributed by atoms with Crippen molar-refractivity contribution in [2.45, 2.75) is 64.5 Å². The summed E-state index contributed by atoms with van der Waals surface area (Å²) in [6.45, 7) is 11.3. The zero-order chi connectivity index (χ0) is 14.8. The fourth-order valence-electron chi connectivity index (χ4n) is 3.55. The Morgan fingerprint density at radius 2 is 1.71 bits per heavy atom. The van der Waals surface area contributed by atoms with Gasteiger partial charge in [-0.1, -0.05) is 19.0 Å². The van der Waals surface area contributed by atoms with E-state index in [2.05, 4.69) is 40.7 Å². The Hall–Kier alpha value is -0.940. The summed E-state index contributed by atoms with van der Waals surface area (Å²) in [5.74, 6) is 1.93. The van der Waals surface area contributed by atoms with Gasteiger partial charge in [0.15, 0.2) is 5.82 Å². The first-order chi connectivity index (χ1) is 10.1. The summed E-state index contributed by atoms with van der Waals surface area (Å²) >= 11 is 0. The fourth-order valence-corrected chi connectivity index (χ4v) is 3.55. The van der Waals surface area contributed by atoms with E-state index in [9.17, 15) is 0 Å². The minimum Gasteiger partial charge on any atom is -0.338 e. The average Bonchev–Trinajstić information content (AvgIpc) is 3.18. The maximum atomic E-state index is 5.45. The number of hydrogen-bond acceptors (Lipinski definition) is 5. The van der Waals surface area contributed by atoms with Crippen molar-refractivity contribution in [1.82, 2.24) is 19.9 Å². The van der Waals surface area contributed by atoms with Crippen molar-refractivity contribution in [2.75, 3.05) is 26.2 Å². The number of hydrogen-bond donors (Lipinski definition) is 0. The Balaban J connectivity index is 1.55. The molecule has 5 nitrogen and oxygen atoms in total. The van der Waals surface area contributed by atoms with E-state index < -0.39 is 0 Å². The van der Waals surface area contributed by atoms with Gasteiger partial charge in [0.05, 0.1) is 6.04 Å². The van der Waals surface area contributed by atoms with E-state index in [1.807, 2.05) is 0 Å². The SMILES string of the molecule is CC(C)c1noc([C@@H](C)N2CCC(N3CCCC3)CC2)n1. The van der Waals surface area contributed by atoms with Gasteiger partial charge in [0.2, 0.25) is 5.89 Å². The minimum atomic E-state index is 0.240. The summed E-state index contributed by atoms with van der Waals surface area (Å²) < 4.78 is 5.45. The van der Waals surface area contributed by atoms with Crippen LogP contribution in [0.5, 0.6) is 0 Å². The predicted molar refractivity (Wildman–Crippen MR) is 82.2 cm³/mol. The van der Waals surface area contributed by atoms with Crippen LogP contribution in [0.1, 0.15) is 70.1 Å². The summed E-state index contributed by atoms with van der Waals surface area (Å²) in [6.07, 6.45) is 5.32. The van der Waals surface area contributed by atoms with Gasteiger partial charge in [-0.15, -0.1) is 0 Å². The molecule has 3 heterocycles. The van der Waals surface area contributed by atoms with E-state index in [-0.39, 0.29) is 6.04 Å². The van der Waals surface area contributed by atoms with Gasteiger partial charge in [-0.25, -0.2) is 0 Å². The molecule has 0 aliphatic carbocycles. The van der Waals surface area contributed by atoms with Gasteiger partial charge in [0.25, 0.3) is 0 Å². The van der Waals surface area contributed by atoms with Crippen LogP contribution < -0.4 is 0 Å². The molecule has 0 unspecified atom stereocenters. The molecule has 0 amide bonds. The van der Waals surface area contributed by atoms with Crippen molar-refractivity contribution < 1.29 is 4.52 Å². The monoisotopic (exact) mass is 292 g/mol. The summed E-state index contributed by atoms with van der Waals surface area (Å²) in [5.41, 5.74) is 0. The van der Waals surface area contributed by atoms with Crippen LogP contribution in [0.3, 0.4) is 0 Å². The first-order valence-electron chi connectivity index (χ1n) is 8.46. The van der Waals surface area contributed by atoms with E-state index in [0.29, 0.717) is 5.92 Å². The Bertz CT molecular complexity index is 445. The molecule has 1 aromatic heterocycles. The largest absolute Gasteiger partial charge is 0.338 e. The Kier molecular flexibility index (Phi) is 4.60. The molecule has 5 heteroatoms. The molecule has 0 aromatic carbocycles. The van der Waals surface area contributed by atoms with Crippen LogP contribution in [0.4, 0.5) is 0 Å². The van der Waals surface area contributed by atoms with Crippen LogP contribution in [0.25, 0.3) is 0 Å². The first-order valence-corrected chi connectivity index (χ1v) is 8.46. The molecule has 1 aromatic rings. The molecule has 2 aliphatic rings. The third kappa shape index (κ3) is 3.29. The summed E-state index contributed by atoms with van der Waals surface area (Å²) in [4.78, 5) is 9.73. The van der Waals surface area contributed by atoms with Gasteiger partial charge in [-0.3, -0.25) is 4.90 Å². The van der Waals surface area contributed by atoms with E-state index in [4.69, 9.17) is 4.52 Å². The van der Waals surface area contributed by atoms with E-state index in [1.165, 1.54) is 38.8 Å². The van der Waals surface area contributed by atoms with Gasteiger partial charge < -0.3 is 9.42 Å². The zero-order valence-electron chi connectivity index (χ0n) is 13.6. The zero-order valence-corrected chi connectivity index (χ0v) is 13.6. The van der Waals surface area contributed by atoms with E-state index in [1.54, 1.807) is 0 Å². The molecule has 21 heavy (non-hydrogen) atoms. The van der Waals surface area contributed by atoms with Crippen LogP contribution in [0.15, 0.2) is 4.52 Å². The lowest BCUT2D eigenvalue weighted by Crippen LogP contribution is -2.44. The van der Waals surface area contributed by atoms with Gasteiger partial charge >= 0.3 is 0 Å². The lowest BCUT2D eigenvalue weighted by molar-refractivity contribution is 0.0891. The molecule has 2 aliphatic heterocycles. The predicted octanol–water partition coefficient (Wildman–Crippen LogP) is 2.81. The Morgan fingerprint density at radius 1 is 1.05 bits per heavy atom. The van der Waals surface area contributed by atoms with Crippen molar-refractivity contribution in [3.05, 3.63) is 11.7 Å². The molecular formula is C16H28N4O. The van der Waals surface area contributed by atoms with E-state index >= 15 is 0 Å². The minimum absolute atomic E-state index is 0.240. The van der Waals surface area contributed by atoms with Gasteiger partial charge in [0, 0.05) is 25.0 Å².